The van der Waals surface area contributed by atoms with Crippen LogP contribution in [-0.2, 0) is 6.54 Å². The molecule has 3 heterocycles. The van der Waals surface area contributed by atoms with Gasteiger partial charge in [0, 0.05) is 19.3 Å². The quantitative estimate of drug-likeness (QED) is 0.698. The minimum Gasteiger partial charge on any atom is -0.368 e. The lowest BCUT2D eigenvalue weighted by molar-refractivity contribution is 0.819. The van der Waals surface area contributed by atoms with Crippen LogP contribution >= 0.6 is 11.3 Å². The van der Waals surface area contributed by atoms with Crippen molar-refractivity contribution >= 4 is 28.2 Å². The lowest BCUT2D eigenvalue weighted by Crippen LogP contribution is -2.08. The summed E-state index contributed by atoms with van der Waals surface area (Å²) >= 11 is 1.73. The minimum absolute atomic E-state index is 0.815. The number of hydrogen-bond donors (Lipinski definition) is 1. The fourth-order valence-electron chi connectivity index (χ4n) is 2.44. The summed E-state index contributed by atoms with van der Waals surface area (Å²) in [4.78, 5) is 9.14. The van der Waals surface area contributed by atoms with Crippen molar-refractivity contribution in [2.45, 2.75) is 33.2 Å². The Morgan fingerprint density at radius 1 is 1.29 bits per heavy atom. The van der Waals surface area contributed by atoms with Crippen LogP contribution in [0.25, 0.3) is 11.0 Å². The highest BCUT2D eigenvalue weighted by atomic mass is 32.1. The Morgan fingerprint density at radius 2 is 2.19 bits per heavy atom. The van der Waals surface area contributed by atoms with E-state index >= 15 is 0 Å². The van der Waals surface area contributed by atoms with Crippen LogP contribution in [0.4, 0.5) is 5.82 Å². The van der Waals surface area contributed by atoms with Crippen molar-refractivity contribution in [3.8, 4) is 0 Å². The summed E-state index contributed by atoms with van der Waals surface area (Å²) in [5.74, 6) is 1.76. The third-order valence-corrected chi connectivity index (χ3v) is 4.21. The molecule has 0 atom stereocenters. The van der Waals surface area contributed by atoms with Gasteiger partial charge in [0.25, 0.3) is 0 Å². The Bertz CT molecular complexity index is 715. The largest absolute Gasteiger partial charge is 0.368 e. The number of nitrogens with one attached hydrogen (secondary N) is 1. The summed E-state index contributed by atoms with van der Waals surface area (Å²) in [6.07, 6.45) is 4.42. The molecule has 1 N–H and O–H groups in total. The standard InChI is InChI=1S/C16H20N4S/c1-3-4-7-17-16-15-14(18-12(2)19-16)5-8-20(15)10-13-6-9-21-11-13/h5-6,8-9,11H,3-4,7,10H2,1-2H3,(H,17,18,19). The first kappa shape index (κ1) is 14.1. The molecule has 0 aromatic carbocycles. The fourth-order valence-corrected chi connectivity index (χ4v) is 3.10. The van der Waals surface area contributed by atoms with Gasteiger partial charge in [-0.15, -0.1) is 0 Å². The average molecular weight is 300 g/mol. The summed E-state index contributed by atoms with van der Waals surface area (Å²) in [6.45, 7) is 5.95. The van der Waals surface area contributed by atoms with E-state index in [0.717, 1.165) is 42.2 Å². The van der Waals surface area contributed by atoms with Crippen LogP contribution in [0.5, 0.6) is 0 Å². The third-order valence-electron chi connectivity index (χ3n) is 3.48. The zero-order valence-electron chi connectivity index (χ0n) is 12.5. The summed E-state index contributed by atoms with van der Waals surface area (Å²) in [5.41, 5.74) is 3.43. The molecule has 0 aliphatic heterocycles. The number of hydrogen-bond acceptors (Lipinski definition) is 4. The fraction of sp³-hybridized carbons (Fsp3) is 0.375. The van der Waals surface area contributed by atoms with Gasteiger partial charge in [0.05, 0.1) is 5.52 Å². The summed E-state index contributed by atoms with van der Waals surface area (Å²) in [7, 11) is 0. The Kier molecular flexibility index (Phi) is 4.20. The maximum absolute atomic E-state index is 4.59. The number of aryl methyl sites for hydroxylation is 1. The second-order valence-electron chi connectivity index (χ2n) is 5.21. The molecule has 5 heteroatoms. The molecular formula is C16H20N4S. The molecule has 0 bridgehead atoms. The van der Waals surface area contributed by atoms with Crippen LogP contribution < -0.4 is 5.32 Å². The maximum atomic E-state index is 4.59. The normalized spacial score (nSPS) is 11.1. The molecule has 0 amide bonds. The van der Waals surface area contributed by atoms with E-state index in [-0.39, 0.29) is 0 Å². The van der Waals surface area contributed by atoms with E-state index < -0.39 is 0 Å². The Morgan fingerprint density at radius 3 is 2.95 bits per heavy atom. The van der Waals surface area contributed by atoms with Crippen molar-refractivity contribution < 1.29 is 0 Å². The molecular weight excluding hydrogens is 280 g/mol. The maximum Gasteiger partial charge on any atom is 0.154 e. The van der Waals surface area contributed by atoms with Crippen LogP contribution in [0, 0.1) is 6.92 Å². The van der Waals surface area contributed by atoms with Crippen LogP contribution in [0.3, 0.4) is 0 Å². The van der Waals surface area contributed by atoms with E-state index in [0.29, 0.717) is 0 Å². The van der Waals surface area contributed by atoms with Gasteiger partial charge in [-0.25, -0.2) is 9.97 Å². The van der Waals surface area contributed by atoms with Crippen molar-refractivity contribution in [3.05, 3.63) is 40.5 Å². The molecule has 0 saturated carbocycles. The molecule has 3 rings (SSSR count). The van der Waals surface area contributed by atoms with Crippen molar-refractivity contribution in [2.75, 3.05) is 11.9 Å². The second-order valence-corrected chi connectivity index (χ2v) is 5.99. The number of unbranched alkanes of at least 4 members (excludes halogenated alkanes) is 1. The number of rotatable bonds is 6. The lowest BCUT2D eigenvalue weighted by atomic mass is 10.3. The van der Waals surface area contributed by atoms with Crippen molar-refractivity contribution in [1.29, 1.82) is 0 Å². The number of nitrogens with zero attached hydrogens (tertiary/aromatic N) is 3. The smallest absolute Gasteiger partial charge is 0.154 e. The van der Waals surface area contributed by atoms with Gasteiger partial charge < -0.3 is 9.88 Å². The predicted molar refractivity (Wildman–Crippen MR) is 89.1 cm³/mol. The van der Waals surface area contributed by atoms with E-state index in [1.165, 1.54) is 12.0 Å². The van der Waals surface area contributed by atoms with E-state index in [4.69, 9.17) is 0 Å². The number of fused-ring (bicyclic) bond motifs is 1. The van der Waals surface area contributed by atoms with E-state index in [2.05, 4.69) is 55.9 Å². The third kappa shape index (κ3) is 3.08. The molecule has 0 radical (unpaired) electrons. The van der Waals surface area contributed by atoms with Crippen molar-refractivity contribution in [1.82, 2.24) is 14.5 Å². The Hall–Kier alpha value is -1.88. The molecule has 0 fully saturated rings. The van der Waals surface area contributed by atoms with Crippen LogP contribution in [0.2, 0.25) is 0 Å². The SMILES string of the molecule is CCCCNc1nc(C)nc2ccn(Cc3ccsc3)c12. The van der Waals surface area contributed by atoms with Crippen molar-refractivity contribution in [2.24, 2.45) is 0 Å². The Balaban J connectivity index is 1.97. The van der Waals surface area contributed by atoms with Gasteiger partial charge in [0.2, 0.25) is 0 Å². The van der Waals surface area contributed by atoms with Gasteiger partial charge in [-0.3, -0.25) is 0 Å². The monoisotopic (exact) mass is 300 g/mol. The molecule has 0 aliphatic carbocycles. The molecule has 0 spiro atoms. The molecule has 4 nitrogen and oxygen atoms in total. The van der Waals surface area contributed by atoms with Crippen LogP contribution in [0.15, 0.2) is 29.1 Å². The van der Waals surface area contributed by atoms with Crippen molar-refractivity contribution in [3.63, 3.8) is 0 Å². The zero-order valence-corrected chi connectivity index (χ0v) is 13.3. The van der Waals surface area contributed by atoms with Gasteiger partial charge in [0.15, 0.2) is 5.82 Å². The first-order valence-electron chi connectivity index (χ1n) is 7.36. The van der Waals surface area contributed by atoms with E-state index in [1.54, 1.807) is 11.3 Å². The van der Waals surface area contributed by atoms with Crippen LogP contribution in [0.1, 0.15) is 31.2 Å². The van der Waals surface area contributed by atoms with Gasteiger partial charge in [-0.05, 0) is 41.8 Å². The highest BCUT2D eigenvalue weighted by Crippen LogP contribution is 2.23. The molecule has 110 valence electrons. The van der Waals surface area contributed by atoms with Crippen LogP contribution in [-0.4, -0.2) is 21.1 Å². The van der Waals surface area contributed by atoms with Gasteiger partial charge in [-0.2, -0.15) is 11.3 Å². The molecule has 3 aromatic heterocycles. The zero-order chi connectivity index (χ0) is 14.7. The average Bonchev–Trinajstić information content (AvgIpc) is 3.10. The minimum atomic E-state index is 0.815. The topological polar surface area (TPSA) is 42.7 Å². The predicted octanol–water partition coefficient (Wildman–Crippen LogP) is 4.06. The van der Waals surface area contributed by atoms with Gasteiger partial charge in [-0.1, -0.05) is 13.3 Å². The number of anilines is 1. The summed E-state index contributed by atoms with van der Waals surface area (Å²) < 4.78 is 2.23. The van der Waals surface area contributed by atoms with Gasteiger partial charge >= 0.3 is 0 Å². The molecule has 0 unspecified atom stereocenters. The second kappa shape index (κ2) is 6.26. The Labute approximate surface area is 128 Å². The van der Waals surface area contributed by atoms with E-state index in [9.17, 15) is 0 Å². The number of thiophene rings is 1. The molecule has 0 saturated heterocycles. The first-order valence-corrected chi connectivity index (χ1v) is 8.30. The van der Waals surface area contributed by atoms with Gasteiger partial charge in [0.1, 0.15) is 11.3 Å². The summed E-state index contributed by atoms with van der Waals surface area (Å²) in [5, 5.41) is 7.76. The summed E-state index contributed by atoms with van der Waals surface area (Å²) in [6, 6.07) is 4.23. The molecule has 21 heavy (non-hydrogen) atoms. The van der Waals surface area contributed by atoms with E-state index in [1.807, 2.05) is 6.92 Å². The lowest BCUT2D eigenvalue weighted by Gasteiger charge is -2.11. The number of aromatic nitrogens is 3. The highest BCUT2D eigenvalue weighted by molar-refractivity contribution is 7.07. The first-order chi connectivity index (χ1) is 10.3. The molecule has 3 aromatic rings. The molecule has 0 aliphatic rings. The highest BCUT2D eigenvalue weighted by Gasteiger charge is 2.11.